The SMILES string of the molecule is CCN[C@@H]1N=C2C(=CN1)C[N+]([O-])(CC1CCN(C(C)C)CC1)CC1CCCN21. The van der Waals surface area contributed by atoms with E-state index in [2.05, 4.69) is 47.4 Å². The molecule has 0 radical (unpaired) electrons. The van der Waals surface area contributed by atoms with Gasteiger partial charge in [-0.05, 0) is 59.2 Å². The zero-order valence-corrected chi connectivity index (χ0v) is 17.9. The predicted molar refractivity (Wildman–Crippen MR) is 114 cm³/mol. The van der Waals surface area contributed by atoms with Crippen LogP contribution in [0.1, 0.15) is 46.5 Å². The Labute approximate surface area is 170 Å². The molecular formula is C21H38N6O. The number of aliphatic imine (C=N–C) groups is 1. The third kappa shape index (κ3) is 4.22. The largest absolute Gasteiger partial charge is 0.632 e. The molecule has 7 nitrogen and oxygen atoms in total. The topological polar surface area (TPSA) is 66.0 Å². The molecule has 0 aliphatic carbocycles. The van der Waals surface area contributed by atoms with Gasteiger partial charge in [-0.15, -0.1) is 0 Å². The highest BCUT2D eigenvalue weighted by atomic mass is 16.5. The summed E-state index contributed by atoms with van der Waals surface area (Å²) in [4.78, 5) is 9.91. The average Bonchev–Trinajstić information content (AvgIpc) is 3.06. The molecule has 0 spiro atoms. The van der Waals surface area contributed by atoms with E-state index in [1.165, 1.54) is 6.42 Å². The van der Waals surface area contributed by atoms with Crippen LogP contribution in [0, 0.1) is 11.1 Å². The summed E-state index contributed by atoms with van der Waals surface area (Å²) in [5.74, 6) is 1.62. The molecule has 3 fully saturated rings. The summed E-state index contributed by atoms with van der Waals surface area (Å²) in [6.45, 7) is 12.9. The van der Waals surface area contributed by atoms with Gasteiger partial charge < -0.3 is 25.0 Å². The Morgan fingerprint density at radius 3 is 2.79 bits per heavy atom. The first kappa shape index (κ1) is 20.1. The van der Waals surface area contributed by atoms with Crippen LogP contribution in [-0.4, -0.2) is 84.5 Å². The standard InChI is InChI=1S/C21H38N6O/c1-4-22-21-23-12-18-14-27(28,13-17-7-10-25(11-8-17)16(2)3)15-19-6-5-9-26(19)20(18)24-21/h12,16-17,19,21-23H,4-11,13-15H2,1-3H3/t19?,21-,27?/m0/s1. The van der Waals surface area contributed by atoms with Crippen LogP contribution in [0.3, 0.4) is 0 Å². The van der Waals surface area contributed by atoms with Crippen LogP contribution in [-0.2, 0) is 0 Å². The van der Waals surface area contributed by atoms with E-state index >= 15 is 0 Å². The van der Waals surface area contributed by atoms with Gasteiger partial charge in [-0.2, -0.15) is 0 Å². The summed E-state index contributed by atoms with van der Waals surface area (Å²) in [7, 11) is 0. The summed E-state index contributed by atoms with van der Waals surface area (Å²) in [5, 5.41) is 20.7. The number of amidine groups is 1. The van der Waals surface area contributed by atoms with Gasteiger partial charge in [-0.25, -0.2) is 4.99 Å². The minimum Gasteiger partial charge on any atom is -0.632 e. The highest BCUT2D eigenvalue weighted by Crippen LogP contribution is 2.32. The number of hydrogen-bond acceptors (Lipinski definition) is 6. The molecule has 0 aromatic rings. The number of nitrogens with zero attached hydrogens (tertiary/aromatic N) is 4. The van der Waals surface area contributed by atoms with E-state index in [1.807, 2.05) is 0 Å². The fourth-order valence-corrected chi connectivity index (χ4v) is 5.48. The van der Waals surface area contributed by atoms with Crippen molar-refractivity contribution in [1.29, 1.82) is 0 Å². The van der Waals surface area contributed by atoms with E-state index in [9.17, 15) is 5.21 Å². The zero-order chi connectivity index (χ0) is 19.7. The van der Waals surface area contributed by atoms with Crippen LogP contribution < -0.4 is 10.6 Å². The van der Waals surface area contributed by atoms with Crippen molar-refractivity contribution in [3.8, 4) is 0 Å². The number of hydrogen-bond donors (Lipinski definition) is 2. The highest BCUT2D eigenvalue weighted by molar-refractivity contribution is 5.99. The molecule has 2 N–H and O–H groups in total. The predicted octanol–water partition coefficient (Wildman–Crippen LogP) is 1.68. The molecular weight excluding hydrogens is 352 g/mol. The van der Waals surface area contributed by atoms with Crippen molar-refractivity contribution in [2.24, 2.45) is 10.9 Å². The lowest BCUT2D eigenvalue weighted by Gasteiger charge is -2.47. The van der Waals surface area contributed by atoms with E-state index in [-0.39, 0.29) is 10.9 Å². The lowest BCUT2D eigenvalue weighted by molar-refractivity contribution is -0.880. The molecule has 0 aromatic carbocycles. The van der Waals surface area contributed by atoms with Crippen LogP contribution in [0.5, 0.6) is 0 Å². The molecule has 0 saturated carbocycles. The number of quaternary nitrogens is 1. The number of rotatable bonds is 5. The lowest BCUT2D eigenvalue weighted by Crippen LogP contribution is -2.52. The van der Waals surface area contributed by atoms with Gasteiger partial charge in [0.15, 0.2) is 6.29 Å². The highest BCUT2D eigenvalue weighted by Gasteiger charge is 2.41. The minimum atomic E-state index is -0.0775. The number of hydroxylamine groups is 3. The Kier molecular flexibility index (Phi) is 5.97. The first-order valence-electron chi connectivity index (χ1n) is 11.3. The molecule has 158 valence electrons. The molecule has 4 rings (SSSR count). The van der Waals surface area contributed by atoms with E-state index in [0.29, 0.717) is 31.1 Å². The smallest absolute Gasteiger partial charge is 0.175 e. The molecule has 28 heavy (non-hydrogen) atoms. The van der Waals surface area contributed by atoms with Crippen LogP contribution in [0.15, 0.2) is 16.8 Å². The van der Waals surface area contributed by atoms with Crippen LogP contribution >= 0.6 is 0 Å². The molecule has 4 aliphatic rings. The molecule has 4 aliphatic heterocycles. The van der Waals surface area contributed by atoms with Crippen LogP contribution in [0.2, 0.25) is 0 Å². The number of nitrogens with one attached hydrogen (secondary N) is 2. The third-order valence-corrected chi connectivity index (χ3v) is 6.97. The molecule has 7 heteroatoms. The van der Waals surface area contributed by atoms with Gasteiger partial charge in [0.2, 0.25) is 0 Å². The summed E-state index contributed by atoms with van der Waals surface area (Å²) < 4.78 is -0.0775. The maximum absolute atomic E-state index is 14.0. The van der Waals surface area contributed by atoms with Gasteiger partial charge in [0, 0.05) is 24.7 Å². The van der Waals surface area contributed by atoms with Gasteiger partial charge >= 0.3 is 0 Å². The molecule has 0 aromatic heterocycles. The fraction of sp³-hybridized carbons (Fsp3) is 0.857. The number of piperidine rings is 1. The quantitative estimate of drug-likeness (QED) is 0.552. The number of likely N-dealkylation sites (tertiary alicyclic amines) is 1. The van der Waals surface area contributed by atoms with Crippen molar-refractivity contribution >= 4 is 5.84 Å². The second-order valence-corrected chi connectivity index (χ2v) is 9.39. The Bertz CT molecular complexity index is 612. The van der Waals surface area contributed by atoms with E-state index in [0.717, 1.165) is 63.4 Å². The summed E-state index contributed by atoms with van der Waals surface area (Å²) >= 11 is 0. The Balaban J connectivity index is 1.48. The first-order valence-corrected chi connectivity index (χ1v) is 11.3. The van der Waals surface area contributed by atoms with Gasteiger partial charge in [0.05, 0.1) is 24.7 Å². The fourth-order valence-electron chi connectivity index (χ4n) is 5.48. The first-order chi connectivity index (χ1) is 13.5. The van der Waals surface area contributed by atoms with Gasteiger partial charge in [0.25, 0.3) is 0 Å². The second kappa shape index (κ2) is 8.30. The van der Waals surface area contributed by atoms with Crippen molar-refractivity contribution in [2.45, 2.75) is 64.8 Å². The lowest BCUT2D eigenvalue weighted by atomic mass is 9.94. The van der Waals surface area contributed by atoms with Gasteiger partial charge in [-0.1, -0.05) is 6.92 Å². The normalized spacial score (nSPS) is 34.4. The summed E-state index contributed by atoms with van der Waals surface area (Å²) in [6, 6.07) is 0.960. The van der Waals surface area contributed by atoms with Crippen molar-refractivity contribution in [1.82, 2.24) is 20.4 Å². The third-order valence-electron chi connectivity index (χ3n) is 6.97. The maximum Gasteiger partial charge on any atom is 0.175 e. The Hall–Kier alpha value is -1.15. The Morgan fingerprint density at radius 1 is 1.29 bits per heavy atom. The molecule has 3 saturated heterocycles. The van der Waals surface area contributed by atoms with E-state index in [4.69, 9.17) is 4.99 Å². The van der Waals surface area contributed by atoms with E-state index in [1.54, 1.807) is 0 Å². The van der Waals surface area contributed by atoms with Crippen molar-refractivity contribution < 1.29 is 4.65 Å². The molecule has 4 heterocycles. The average molecular weight is 391 g/mol. The van der Waals surface area contributed by atoms with Crippen molar-refractivity contribution in [3.05, 3.63) is 17.0 Å². The molecule has 0 amide bonds. The maximum atomic E-state index is 14.0. The monoisotopic (exact) mass is 390 g/mol. The molecule has 3 atom stereocenters. The van der Waals surface area contributed by atoms with Crippen molar-refractivity contribution in [2.75, 3.05) is 45.8 Å². The van der Waals surface area contributed by atoms with Gasteiger partial charge in [-0.3, -0.25) is 5.32 Å². The molecule has 0 bridgehead atoms. The molecule has 2 unspecified atom stereocenters. The van der Waals surface area contributed by atoms with Crippen LogP contribution in [0.25, 0.3) is 0 Å². The minimum absolute atomic E-state index is 0.0722. The zero-order valence-electron chi connectivity index (χ0n) is 17.9. The summed E-state index contributed by atoms with van der Waals surface area (Å²) in [6.07, 6.45) is 6.60. The number of fused-ring (bicyclic) bond motifs is 3. The van der Waals surface area contributed by atoms with Crippen molar-refractivity contribution in [3.63, 3.8) is 0 Å². The van der Waals surface area contributed by atoms with E-state index < -0.39 is 0 Å². The van der Waals surface area contributed by atoms with Gasteiger partial charge in [0.1, 0.15) is 12.4 Å². The summed E-state index contributed by atoms with van der Waals surface area (Å²) in [5.41, 5.74) is 1.10. The second-order valence-electron chi connectivity index (χ2n) is 9.39. The Morgan fingerprint density at radius 2 is 2.07 bits per heavy atom. The van der Waals surface area contributed by atoms with Crippen LogP contribution in [0.4, 0.5) is 0 Å².